The summed E-state index contributed by atoms with van der Waals surface area (Å²) in [6.07, 6.45) is 4.03. The summed E-state index contributed by atoms with van der Waals surface area (Å²) in [5.74, 6) is 0.294. The number of aliphatic hydroxyl groups is 1. The van der Waals surface area contributed by atoms with Gasteiger partial charge in [-0.25, -0.2) is 4.98 Å². The van der Waals surface area contributed by atoms with Gasteiger partial charge in [-0.2, -0.15) is 0 Å². The lowest BCUT2D eigenvalue weighted by Crippen LogP contribution is -2.15. The van der Waals surface area contributed by atoms with Crippen LogP contribution in [0.4, 0.5) is 0 Å². The van der Waals surface area contributed by atoms with Gasteiger partial charge in [0.1, 0.15) is 5.69 Å². The maximum Gasteiger partial charge on any atom is 0.268 e. The zero-order valence-electron chi connectivity index (χ0n) is 12.3. The van der Waals surface area contributed by atoms with Crippen molar-refractivity contribution < 1.29 is 9.90 Å². The number of benzene rings is 1. The molecule has 1 aromatic heterocycles. The van der Waals surface area contributed by atoms with Crippen LogP contribution in [0.15, 0.2) is 35.6 Å². The van der Waals surface area contributed by atoms with Crippen LogP contribution >= 0.6 is 35.0 Å². The highest BCUT2D eigenvalue weighted by Crippen LogP contribution is 2.28. The number of hydrogen-bond acceptors (Lipinski definition) is 4. The van der Waals surface area contributed by atoms with E-state index in [0.717, 1.165) is 17.1 Å². The Morgan fingerprint density at radius 3 is 2.83 bits per heavy atom. The Bertz CT molecular complexity index is 678. The number of aliphatic hydroxyl groups excluding tert-OH is 1. The van der Waals surface area contributed by atoms with Crippen LogP contribution in [0.3, 0.4) is 0 Å². The minimum Gasteiger partial charge on any atom is -0.391 e. The Balaban J connectivity index is 1.70. The van der Waals surface area contributed by atoms with Crippen molar-refractivity contribution in [3.63, 3.8) is 0 Å². The molecule has 0 radical (unpaired) electrons. The van der Waals surface area contributed by atoms with Crippen LogP contribution in [0.1, 0.15) is 23.3 Å². The number of aromatic nitrogens is 2. The summed E-state index contributed by atoms with van der Waals surface area (Å²) >= 11 is 13.5. The van der Waals surface area contributed by atoms with Gasteiger partial charge in [-0.1, -0.05) is 23.2 Å². The minimum absolute atomic E-state index is 0.201. The van der Waals surface area contributed by atoms with Crippen molar-refractivity contribution >= 4 is 40.9 Å². The van der Waals surface area contributed by atoms with E-state index in [9.17, 15) is 9.90 Å². The number of nitrogens with zero attached hydrogens (tertiary/aromatic N) is 2. The van der Waals surface area contributed by atoms with E-state index in [1.807, 2.05) is 12.1 Å². The molecule has 1 aromatic carbocycles. The fraction of sp³-hybridized carbons (Fsp3) is 0.333. The van der Waals surface area contributed by atoms with Crippen molar-refractivity contribution in [2.45, 2.75) is 30.4 Å². The van der Waals surface area contributed by atoms with Gasteiger partial charge in [-0.3, -0.25) is 4.79 Å². The number of hydrogen-bond donors (Lipinski definition) is 2. The Hall–Kier alpha value is -1.21. The maximum atomic E-state index is 11.0. The topological polar surface area (TPSA) is 81.1 Å². The SMILES string of the molecule is NC(=O)c1cn(C[C@@H](O)CCCSc2ccc(Cl)c(Cl)c2)cn1. The predicted octanol–water partition coefficient (Wildman–Crippen LogP) is 3.22. The molecule has 0 aliphatic carbocycles. The number of nitrogens with two attached hydrogens (primary N) is 1. The first-order chi connectivity index (χ1) is 11.0. The Kier molecular flexibility index (Phi) is 6.77. The molecule has 0 fully saturated rings. The highest BCUT2D eigenvalue weighted by molar-refractivity contribution is 7.99. The lowest BCUT2D eigenvalue weighted by Gasteiger charge is -2.11. The fourth-order valence-electron chi connectivity index (χ4n) is 2.00. The molecule has 3 N–H and O–H groups in total. The summed E-state index contributed by atoms with van der Waals surface area (Å²) in [4.78, 5) is 15.9. The molecule has 1 amide bonds. The van der Waals surface area contributed by atoms with Gasteiger partial charge >= 0.3 is 0 Å². The van der Waals surface area contributed by atoms with Crippen molar-refractivity contribution in [1.82, 2.24) is 9.55 Å². The summed E-state index contributed by atoms with van der Waals surface area (Å²) < 4.78 is 1.66. The lowest BCUT2D eigenvalue weighted by molar-refractivity contribution is 0.0995. The predicted molar refractivity (Wildman–Crippen MR) is 93.2 cm³/mol. The smallest absolute Gasteiger partial charge is 0.268 e. The van der Waals surface area contributed by atoms with Gasteiger partial charge in [0, 0.05) is 17.6 Å². The van der Waals surface area contributed by atoms with Crippen molar-refractivity contribution in [2.75, 3.05) is 5.75 Å². The molecule has 1 heterocycles. The zero-order chi connectivity index (χ0) is 16.8. The largest absolute Gasteiger partial charge is 0.391 e. The third-order valence-corrected chi connectivity index (χ3v) is 4.97. The summed E-state index contributed by atoms with van der Waals surface area (Å²) in [6.45, 7) is 0.387. The second-order valence-corrected chi connectivity index (χ2v) is 7.02. The summed E-state index contributed by atoms with van der Waals surface area (Å²) in [5.41, 5.74) is 5.33. The van der Waals surface area contributed by atoms with Gasteiger partial charge in [0.05, 0.1) is 22.5 Å². The zero-order valence-corrected chi connectivity index (χ0v) is 14.6. The Morgan fingerprint density at radius 2 is 2.17 bits per heavy atom. The molecule has 1 atom stereocenters. The molecule has 0 spiro atoms. The quantitative estimate of drug-likeness (QED) is 0.549. The first kappa shape index (κ1) is 18.1. The third-order valence-electron chi connectivity index (χ3n) is 3.15. The van der Waals surface area contributed by atoms with Crippen LogP contribution in [-0.2, 0) is 6.54 Å². The van der Waals surface area contributed by atoms with Crippen LogP contribution in [0, 0.1) is 0 Å². The number of halogens is 2. The number of carbonyl (C=O) groups is 1. The van der Waals surface area contributed by atoms with Crippen molar-refractivity contribution in [3.05, 3.63) is 46.5 Å². The van der Waals surface area contributed by atoms with Crippen LogP contribution in [0.5, 0.6) is 0 Å². The molecule has 5 nitrogen and oxygen atoms in total. The molecule has 0 aliphatic rings. The molecule has 23 heavy (non-hydrogen) atoms. The Morgan fingerprint density at radius 1 is 1.39 bits per heavy atom. The lowest BCUT2D eigenvalue weighted by atomic mass is 10.2. The normalized spacial score (nSPS) is 12.3. The van der Waals surface area contributed by atoms with Crippen molar-refractivity contribution in [2.24, 2.45) is 5.73 Å². The van der Waals surface area contributed by atoms with E-state index in [1.165, 1.54) is 12.5 Å². The third kappa shape index (κ3) is 5.73. The molecule has 0 aliphatic heterocycles. The van der Waals surface area contributed by atoms with Crippen LogP contribution in [0.2, 0.25) is 10.0 Å². The van der Waals surface area contributed by atoms with Gasteiger partial charge in [0.2, 0.25) is 0 Å². The average Bonchev–Trinajstić information content (AvgIpc) is 2.96. The average molecular weight is 374 g/mol. The number of imidazole rings is 1. The van der Waals surface area contributed by atoms with E-state index in [1.54, 1.807) is 22.4 Å². The maximum absolute atomic E-state index is 11.0. The van der Waals surface area contributed by atoms with E-state index >= 15 is 0 Å². The van der Waals surface area contributed by atoms with E-state index in [-0.39, 0.29) is 5.69 Å². The first-order valence-corrected chi connectivity index (χ1v) is 8.77. The second kappa shape index (κ2) is 8.59. The van der Waals surface area contributed by atoms with E-state index in [2.05, 4.69) is 4.98 Å². The number of carbonyl (C=O) groups excluding carboxylic acids is 1. The molecule has 0 saturated heterocycles. The number of amides is 1. The molecule has 0 bridgehead atoms. The van der Waals surface area contributed by atoms with Crippen LogP contribution < -0.4 is 5.73 Å². The van der Waals surface area contributed by atoms with E-state index in [4.69, 9.17) is 28.9 Å². The van der Waals surface area contributed by atoms with Crippen molar-refractivity contribution in [3.8, 4) is 0 Å². The number of thioether (sulfide) groups is 1. The molecular weight excluding hydrogens is 357 g/mol. The van der Waals surface area contributed by atoms with Gasteiger partial charge in [-0.05, 0) is 36.8 Å². The van der Waals surface area contributed by atoms with Gasteiger partial charge in [0.25, 0.3) is 5.91 Å². The Labute approximate surface area is 148 Å². The molecule has 8 heteroatoms. The fourth-order valence-corrected chi connectivity index (χ4v) is 3.27. The highest BCUT2D eigenvalue weighted by Gasteiger charge is 2.09. The first-order valence-electron chi connectivity index (χ1n) is 7.03. The molecule has 124 valence electrons. The standard InChI is InChI=1S/C15H17Cl2N3O2S/c16-12-4-3-11(6-13(12)17)23-5-1-2-10(21)7-20-8-14(15(18)22)19-9-20/h3-4,6,8-10,21H,1-2,5,7H2,(H2,18,22)/t10-/m0/s1. The molecular formula is C15H17Cl2N3O2S. The molecule has 0 saturated carbocycles. The van der Waals surface area contributed by atoms with Gasteiger partial charge in [0.15, 0.2) is 0 Å². The summed E-state index contributed by atoms with van der Waals surface area (Å²) in [5, 5.41) is 11.1. The summed E-state index contributed by atoms with van der Waals surface area (Å²) in [7, 11) is 0. The molecule has 0 unspecified atom stereocenters. The monoisotopic (exact) mass is 373 g/mol. The molecule has 2 aromatic rings. The second-order valence-electron chi connectivity index (χ2n) is 5.04. The van der Waals surface area contributed by atoms with Gasteiger partial charge < -0.3 is 15.4 Å². The molecule has 2 rings (SSSR count). The number of primary amides is 1. The highest BCUT2D eigenvalue weighted by atomic mass is 35.5. The number of rotatable bonds is 8. The van der Waals surface area contributed by atoms with E-state index in [0.29, 0.717) is 23.0 Å². The van der Waals surface area contributed by atoms with Crippen LogP contribution in [-0.4, -0.2) is 32.4 Å². The van der Waals surface area contributed by atoms with Crippen LogP contribution in [0.25, 0.3) is 0 Å². The van der Waals surface area contributed by atoms with E-state index < -0.39 is 12.0 Å². The summed E-state index contributed by atoms with van der Waals surface area (Å²) in [6, 6.07) is 5.53. The van der Waals surface area contributed by atoms with Crippen molar-refractivity contribution in [1.29, 1.82) is 0 Å². The minimum atomic E-state index is -0.573. The van der Waals surface area contributed by atoms with Gasteiger partial charge in [-0.15, -0.1) is 11.8 Å².